The quantitative estimate of drug-likeness (QED) is 0.863. The minimum Gasteiger partial charge on any atom is -0.383 e. The fourth-order valence-corrected chi connectivity index (χ4v) is 2.02. The van der Waals surface area contributed by atoms with E-state index in [1.807, 2.05) is 35.2 Å². The standard InChI is InChI=1S/C14H20N2O2.ClH/c1-18-10-13(15)14(17)16(12-7-8-12)9-11-5-3-2-4-6-11;/h2-6,12-13H,7-10,15H2,1H3;1H. The summed E-state index contributed by atoms with van der Waals surface area (Å²) < 4.78 is 4.95. The summed E-state index contributed by atoms with van der Waals surface area (Å²) in [6.45, 7) is 0.915. The van der Waals surface area contributed by atoms with Gasteiger partial charge in [-0.1, -0.05) is 30.3 Å². The SMILES string of the molecule is COCC(N)C(=O)N(Cc1ccccc1)C1CC1.Cl. The van der Waals surface area contributed by atoms with Crippen molar-refractivity contribution in [3.63, 3.8) is 0 Å². The van der Waals surface area contributed by atoms with Crippen LogP contribution in [0.1, 0.15) is 18.4 Å². The molecule has 1 saturated carbocycles. The molecule has 0 aromatic heterocycles. The molecular formula is C14H21ClN2O2. The monoisotopic (exact) mass is 284 g/mol. The Morgan fingerprint density at radius 2 is 2.05 bits per heavy atom. The smallest absolute Gasteiger partial charge is 0.242 e. The fourth-order valence-electron chi connectivity index (χ4n) is 2.02. The summed E-state index contributed by atoms with van der Waals surface area (Å²) >= 11 is 0. The number of hydrogen-bond acceptors (Lipinski definition) is 3. The van der Waals surface area contributed by atoms with Gasteiger partial charge in [0.2, 0.25) is 5.91 Å². The Kier molecular flexibility index (Phi) is 6.28. The summed E-state index contributed by atoms with van der Waals surface area (Å²) in [5.41, 5.74) is 6.97. The van der Waals surface area contributed by atoms with E-state index in [4.69, 9.17) is 10.5 Å². The second-order valence-corrected chi connectivity index (χ2v) is 4.74. The highest BCUT2D eigenvalue weighted by Crippen LogP contribution is 2.28. The molecule has 1 aliphatic carbocycles. The predicted molar refractivity (Wildman–Crippen MR) is 77.1 cm³/mol. The van der Waals surface area contributed by atoms with Gasteiger partial charge < -0.3 is 15.4 Å². The second kappa shape index (κ2) is 7.48. The van der Waals surface area contributed by atoms with E-state index in [0.717, 1.165) is 18.4 Å². The lowest BCUT2D eigenvalue weighted by atomic mass is 10.2. The van der Waals surface area contributed by atoms with Crippen molar-refractivity contribution in [2.45, 2.75) is 31.5 Å². The number of amides is 1. The van der Waals surface area contributed by atoms with Crippen LogP contribution < -0.4 is 5.73 Å². The lowest BCUT2D eigenvalue weighted by Gasteiger charge is -2.25. The molecule has 1 aromatic rings. The van der Waals surface area contributed by atoms with Gasteiger partial charge in [-0.25, -0.2) is 0 Å². The number of rotatable bonds is 6. The number of methoxy groups -OCH3 is 1. The average Bonchev–Trinajstić information content (AvgIpc) is 3.21. The summed E-state index contributed by atoms with van der Waals surface area (Å²) in [6, 6.07) is 9.82. The van der Waals surface area contributed by atoms with Crippen LogP contribution in [0.15, 0.2) is 30.3 Å². The molecule has 2 N–H and O–H groups in total. The number of hydrogen-bond donors (Lipinski definition) is 1. The molecule has 1 aliphatic rings. The lowest BCUT2D eigenvalue weighted by molar-refractivity contribution is -0.135. The summed E-state index contributed by atoms with van der Waals surface area (Å²) in [5.74, 6) is -0.0109. The Hall–Kier alpha value is -1.10. The first-order valence-corrected chi connectivity index (χ1v) is 6.31. The maximum atomic E-state index is 12.2. The first-order valence-electron chi connectivity index (χ1n) is 6.31. The number of carbonyl (C=O) groups excluding carboxylic acids is 1. The Morgan fingerprint density at radius 3 is 2.58 bits per heavy atom. The van der Waals surface area contributed by atoms with Crippen molar-refractivity contribution >= 4 is 18.3 Å². The molecule has 0 bridgehead atoms. The first kappa shape index (κ1) is 16.0. The normalized spacial score (nSPS) is 15.5. The summed E-state index contributed by atoms with van der Waals surface area (Å²) in [5, 5.41) is 0. The first-order chi connectivity index (χ1) is 8.72. The van der Waals surface area contributed by atoms with Crippen LogP contribution in [0.3, 0.4) is 0 Å². The molecule has 19 heavy (non-hydrogen) atoms. The van der Waals surface area contributed by atoms with Gasteiger partial charge in [0, 0.05) is 19.7 Å². The minimum atomic E-state index is -0.556. The highest BCUT2D eigenvalue weighted by atomic mass is 35.5. The third kappa shape index (κ3) is 4.49. The van der Waals surface area contributed by atoms with Crippen LogP contribution in [0, 0.1) is 0 Å². The van der Waals surface area contributed by atoms with E-state index >= 15 is 0 Å². The summed E-state index contributed by atoms with van der Waals surface area (Å²) in [4.78, 5) is 14.1. The largest absolute Gasteiger partial charge is 0.383 e. The van der Waals surface area contributed by atoms with E-state index in [-0.39, 0.29) is 24.9 Å². The van der Waals surface area contributed by atoms with Gasteiger partial charge in [-0.2, -0.15) is 0 Å². The molecule has 1 unspecified atom stereocenters. The molecule has 106 valence electrons. The van der Waals surface area contributed by atoms with Crippen molar-refractivity contribution in [2.24, 2.45) is 5.73 Å². The molecule has 0 saturated heterocycles. The van der Waals surface area contributed by atoms with Crippen LogP contribution in [0.5, 0.6) is 0 Å². The van der Waals surface area contributed by atoms with E-state index in [9.17, 15) is 4.79 Å². The zero-order valence-corrected chi connectivity index (χ0v) is 11.9. The van der Waals surface area contributed by atoms with Crippen molar-refractivity contribution in [1.82, 2.24) is 4.90 Å². The zero-order chi connectivity index (χ0) is 13.0. The summed E-state index contributed by atoms with van der Waals surface area (Å²) in [7, 11) is 1.56. The minimum absolute atomic E-state index is 0. The van der Waals surface area contributed by atoms with Crippen LogP contribution in [0.4, 0.5) is 0 Å². The third-order valence-corrected chi connectivity index (χ3v) is 3.13. The lowest BCUT2D eigenvalue weighted by Crippen LogP contribution is -2.46. The molecule has 0 aliphatic heterocycles. The van der Waals surface area contributed by atoms with Gasteiger partial charge in [-0.05, 0) is 18.4 Å². The topological polar surface area (TPSA) is 55.6 Å². The zero-order valence-electron chi connectivity index (χ0n) is 11.1. The highest BCUT2D eigenvalue weighted by molar-refractivity contribution is 5.85. The highest BCUT2D eigenvalue weighted by Gasteiger charge is 2.34. The van der Waals surface area contributed by atoms with Crippen LogP contribution in [0.2, 0.25) is 0 Å². The molecule has 2 rings (SSSR count). The van der Waals surface area contributed by atoms with E-state index in [1.165, 1.54) is 0 Å². The van der Waals surface area contributed by atoms with E-state index in [0.29, 0.717) is 12.6 Å². The van der Waals surface area contributed by atoms with Gasteiger partial charge in [0.15, 0.2) is 0 Å². The Balaban J connectivity index is 0.00000180. The van der Waals surface area contributed by atoms with E-state index in [1.54, 1.807) is 7.11 Å². The Bertz CT molecular complexity index is 396. The van der Waals surface area contributed by atoms with Gasteiger partial charge in [-0.15, -0.1) is 12.4 Å². The van der Waals surface area contributed by atoms with Gasteiger partial charge in [0.05, 0.1) is 6.61 Å². The predicted octanol–water partition coefficient (Wildman–Crippen LogP) is 1.57. The Morgan fingerprint density at radius 1 is 1.42 bits per heavy atom. The van der Waals surface area contributed by atoms with Gasteiger partial charge in [0.25, 0.3) is 0 Å². The van der Waals surface area contributed by atoms with Crippen molar-refractivity contribution in [3.05, 3.63) is 35.9 Å². The van der Waals surface area contributed by atoms with Gasteiger partial charge >= 0.3 is 0 Å². The van der Waals surface area contributed by atoms with Crippen molar-refractivity contribution in [1.29, 1.82) is 0 Å². The molecular weight excluding hydrogens is 264 g/mol. The molecule has 1 atom stereocenters. The van der Waals surface area contributed by atoms with Crippen molar-refractivity contribution in [2.75, 3.05) is 13.7 Å². The Labute approximate surface area is 120 Å². The maximum absolute atomic E-state index is 12.2. The van der Waals surface area contributed by atoms with Gasteiger partial charge in [-0.3, -0.25) is 4.79 Å². The third-order valence-electron chi connectivity index (χ3n) is 3.13. The van der Waals surface area contributed by atoms with Crippen LogP contribution >= 0.6 is 12.4 Å². The number of benzene rings is 1. The number of halogens is 1. The number of carbonyl (C=O) groups is 1. The molecule has 0 spiro atoms. The van der Waals surface area contributed by atoms with Crippen LogP contribution in [0.25, 0.3) is 0 Å². The van der Waals surface area contributed by atoms with Gasteiger partial charge in [0.1, 0.15) is 6.04 Å². The van der Waals surface area contributed by atoms with Crippen molar-refractivity contribution < 1.29 is 9.53 Å². The molecule has 5 heteroatoms. The number of nitrogens with zero attached hydrogens (tertiary/aromatic N) is 1. The second-order valence-electron chi connectivity index (χ2n) is 4.74. The molecule has 1 fully saturated rings. The fraction of sp³-hybridized carbons (Fsp3) is 0.500. The van der Waals surface area contributed by atoms with E-state index < -0.39 is 6.04 Å². The maximum Gasteiger partial charge on any atom is 0.242 e. The molecule has 4 nitrogen and oxygen atoms in total. The van der Waals surface area contributed by atoms with Crippen LogP contribution in [-0.2, 0) is 16.1 Å². The average molecular weight is 285 g/mol. The number of nitrogens with two attached hydrogens (primary N) is 1. The molecule has 0 heterocycles. The number of ether oxygens (including phenoxy) is 1. The van der Waals surface area contributed by atoms with Crippen LogP contribution in [-0.4, -0.2) is 36.6 Å². The molecule has 1 aromatic carbocycles. The molecule has 1 amide bonds. The summed E-state index contributed by atoms with van der Waals surface area (Å²) in [6.07, 6.45) is 2.16. The van der Waals surface area contributed by atoms with E-state index in [2.05, 4.69) is 0 Å². The van der Waals surface area contributed by atoms with Crippen molar-refractivity contribution in [3.8, 4) is 0 Å². The molecule has 0 radical (unpaired) electrons.